The summed E-state index contributed by atoms with van der Waals surface area (Å²) in [7, 11) is 0. The molecule has 1 fully saturated rings. The van der Waals surface area contributed by atoms with Gasteiger partial charge in [0.2, 0.25) is 5.89 Å². The highest BCUT2D eigenvalue weighted by atomic mass is 16.5. The Hall–Kier alpha value is -0.900. The van der Waals surface area contributed by atoms with Crippen LogP contribution in [0.5, 0.6) is 0 Å². The molecular formula is C14H25N3O. The molecule has 1 saturated carbocycles. The highest BCUT2D eigenvalue weighted by Crippen LogP contribution is 2.45. The molecule has 4 heteroatoms. The number of hydrogen-bond acceptors (Lipinski definition) is 4. The van der Waals surface area contributed by atoms with Crippen LogP contribution in [0.25, 0.3) is 0 Å². The Morgan fingerprint density at radius 3 is 2.78 bits per heavy atom. The average Bonchev–Trinajstić information content (AvgIpc) is 2.91. The molecule has 3 unspecified atom stereocenters. The quantitative estimate of drug-likeness (QED) is 0.771. The van der Waals surface area contributed by atoms with Crippen LogP contribution in [0.1, 0.15) is 63.6 Å². The van der Waals surface area contributed by atoms with E-state index < -0.39 is 0 Å². The van der Waals surface area contributed by atoms with E-state index in [1.54, 1.807) is 0 Å². The zero-order valence-electron chi connectivity index (χ0n) is 11.6. The second-order valence-corrected chi connectivity index (χ2v) is 5.64. The monoisotopic (exact) mass is 251 g/mol. The Labute approximate surface area is 109 Å². The molecule has 0 spiro atoms. The maximum Gasteiger partial charge on any atom is 0.226 e. The average molecular weight is 251 g/mol. The third-order valence-corrected chi connectivity index (χ3v) is 3.96. The summed E-state index contributed by atoms with van der Waals surface area (Å²) in [5.41, 5.74) is 5.64. The summed E-state index contributed by atoms with van der Waals surface area (Å²) in [6, 6.07) is 0. The summed E-state index contributed by atoms with van der Waals surface area (Å²) in [5, 5.41) is 4.09. The molecule has 1 aromatic rings. The fraction of sp³-hybridized carbons (Fsp3) is 0.857. The Balaban J connectivity index is 1.79. The second-order valence-electron chi connectivity index (χ2n) is 5.64. The molecule has 1 aliphatic rings. The zero-order chi connectivity index (χ0) is 13.0. The van der Waals surface area contributed by atoms with Crippen LogP contribution >= 0.6 is 0 Å². The first kappa shape index (κ1) is 13.5. The van der Waals surface area contributed by atoms with Crippen LogP contribution in [0.2, 0.25) is 0 Å². The van der Waals surface area contributed by atoms with Gasteiger partial charge in [-0.25, -0.2) is 0 Å². The van der Waals surface area contributed by atoms with E-state index in [0.717, 1.165) is 43.4 Å². The molecule has 0 saturated heterocycles. The third kappa shape index (κ3) is 3.55. The molecular weight excluding hydrogens is 226 g/mol. The molecule has 3 atom stereocenters. The predicted molar refractivity (Wildman–Crippen MR) is 71.2 cm³/mol. The van der Waals surface area contributed by atoms with Gasteiger partial charge >= 0.3 is 0 Å². The molecule has 0 aromatic carbocycles. The van der Waals surface area contributed by atoms with Gasteiger partial charge in [0.05, 0.1) is 0 Å². The van der Waals surface area contributed by atoms with Crippen LogP contribution in [0, 0.1) is 11.8 Å². The van der Waals surface area contributed by atoms with Crippen LogP contribution in [0.15, 0.2) is 4.52 Å². The van der Waals surface area contributed by atoms with E-state index in [0.29, 0.717) is 11.8 Å². The normalized spacial score (nSPS) is 24.2. The number of aromatic nitrogens is 2. The minimum atomic E-state index is 0.554. The van der Waals surface area contributed by atoms with Gasteiger partial charge in [-0.1, -0.05) is 31.8 Å². The van der Waals surface area contributed by atoms with Gasteiger partial charge in [-0.2, -0.15) is 4.98 Å². The molecule has 4 nitrogen and oxygen atoms in total. The Bertz CT molecular complexity index is 358. The molecule has 0 radical (unpaired) electrons. The fourth-order valence-electron chi connectivity index (χ4n) is 2.61. The molecule has 0 bridgehead atoms. The van der Waals surface area contributed by atoms with E-state index in [1.807, 2.05) is 0 Å². The van der Waals surface area contributed by atoms with Crippen LogP contribution in [0.3, 0.4) is 0 Å². The van der Waals surface area contributed by atoms with E-state index in [2.05, 4.69) is 24.0 Å². The maximum atomic E-state index is 5.64. The van der Waals surface area contributed by atoms with Crippen molar-refractivity contribution in [2.75, 3.05) is 6.54 Å². The van der Waals surface area contributed by atoms with E-state index in [1.165, 1.54) is 19.3 Å². The first-order chi connectivity index (χ1) is 8.74. The van der Waals surface area contributed by atoms with Crippen molar-refractivity contribution in [2.45, 2.75) is 58.3 Å². The SMILES string of the molecule is CCCC(CCN)CCc1nc(C2CC2C)no1. The third-order valence-electron chi connectivity index (χ3n) is 3.96. The van der Waals surface area contributed by atoms with Gasteiger partial charge in [0, 0.05) is 12.3 Å². The molecule has 2 rings (SSSR count). The van der Waals surface area contributed by atoms with Gasteiger partial charge in [-0.3, -0.25) is 0 Å². The summed E-state index contributed by atoms with van der Waals surface area (Å²) in [5.74, 6) is 3.72. The Kier molecular flexibility index (Phi) is 4.75. The number of nitrogens with zero attached hydrogens (tertiary/aromatic N) is 2. The molecule has 2 N–H and O–H groups in total. The summed E-state index contributed by atoms with van der Waals surface area (Å²) < 4.78 is 5.33. The topological polar surface area (TPSA) is 64.9 Å². The van der Waals surface area contributed by atoms with E-state index in [-0.39, 0.29) is 0 Å². The highest BCUT2D eigenvalue weighted by molar-refractivity contribution is 5.07. The van der Waals surface area contributed by atoms with E-state index in [4.69, 9.17) is 10.3 Å². The molecule has 1 heterocycles. The summed E-state index contributed by atoms with van der Waals surface area (Å²) in [6.45, 7) is 5.24. The van der Waals surface area contributed by atoms with Gasteiger partial charge < -0.3 is 10.3 Å². The first-order valence-corrected chi connectivity index (χ1v) is 7.27. The van der Waals surface area contributed by atoms with Gasteiger partial charge in [0.15, 0.2) is 5.82 Å². The fourth-order valence-corrected chi connectivity index (χ4v) is 2.61. The van der Waals surface area contributed by atoms with E-state index >= 15 is 0 Å². The van der Waals surface area contributed by atoms with Crippen molar-refractivity contribution < 1.29 is 4.52 Å². The van der Waals surface area contributed by atoms with Crippen molar-refractivity contribution in [1.29, 1.82) is 0 Å². The summed E-state index contributed by atoms with van der Waals surface area (Å²) in [4.78, 5) is 4.51. The van der Waals surface area contributed by atoms with Crippen molar-refractivity contribution in [3.8, 4) is 0 Å². The van der Waals surface area contributed by atoms with Crippen LogP contribution < -0.4 is 5.73 Å². The number of rotatable bonds is 8. The van der Waals surface area contributed by atoms with Crippen molar-refractivity contribution in [3.05, 3.63) is 11.7 Å². The molecule has 0 aliphatic heterocycles. The lowest BCUT2D eigenvalue weighted by molar-refractivity contribution is 0.346. The van der Waals surface area contributed by atoms with Gasteiger partial charge in [-0.05, 0) is 37.6 Å². The van der Waals surface area contributed by atoms with Crippen molar-refractivity contribution in [3.63, 3.8) is 0 Å². The second kappa shape index (κ2) is 6.32. The Morgan fingerprint density at radius 2 is 2.17 bits per heavy atom. The van der Waals surface area contributed by atoms with Crippen LogP contribution in [-0.2, 0) is 6.42 Å². The minimum Gasteiger partial charge on any atom is -0.339 e. The standard InChI is InChI=1S/C14H25N3O/c1-3-4-11(7-8-15)5-6-13-16-14(17-18-13)12-9-10(12)2/h10-12H,3-9,15H2,1-2H3. The number of nitrogens with two attached hydrogens (primary N) is 1. The Morgan fingerprint density at radius 1 is 1.39 bits per heavy atom. The van der Waals surface area contributed by atoms with Crippen molar-refractivity contribution >= 4 is 0 Å². The zero-order valence-corrected chi connectivity index (χ0v) is 11.6. The van der Waals surface area contributed by atoms with Crippen molar-refractivity contribution in [1.82, 2.24) is 10.1 Å². The predicted octanol–water partition coefficient (Wildman–Crippen LogP) is 2.89. The maximum absolute atomic E-state index is 5.64. The molecule has 1 aliphatic carbocycles. The van der Waals surface area contributed by atoms with Gasteiger partial charge in [-0.15, -0.1) is 0 Å². The van der Waals surface area contributed by atoms with Crippen LogP contribution in [0.4, 0.5) is 0 Å². The summed E-state index contributed by atoms with van der Waals surface area (Å²) >= 11 is 0. The number of aryl methyl sites for hydroxylation is 1. The smallest absolute Gasteiger partial charge is 0.226 e. The molecule has 18 heavy (non-hydrogen) atoms. The van der Waals surface area contributed by atoms with Crippen molar-refractivity contribution in [2.24, 2.45) is 17.6 Å². The largest absolute Gasteiger partial charge is 0.339 e. The summed E-state index contributed by atoms with van der Waals surface area (Å²) in [6.07, 6.45) is 6.81. The lowest BCUT2D eigenvalue weighted by Crippen LogP contribution is -2.09. The van der Waals surface area contributed by atoms with E-state index in [9.17, 15) is 0 Å². The minimum absolute atomic E-state index is 0.554. The van der Waals surface area contributed by atoms with Gasteiger partial charge in [0.1, 0.15) is 0 Å². The molecule has 1 aromatic heterocycles. The first-order valence-electron chi connectivity index (χ1n) is 7.27. The van der Waals surface area contributed by atoms with Gasteiger partial charge in [0.25, 0.3) is 0 Å². The number of hydrogen-bond donors (Lipinski definition) is 1. The lowest BCUT2D eigenvalue weighted by atomic mass is 9.94. The van der Waals surface area contributed by atoms with Crippen LogP contribution in [-0.4, -0.2) is 16.7 Å². The molecule has 0 amide bonds. The highest BCUT2D eigenvalue weighted by Gasteiger charge is 2.37. The lowest BCUT2D eigenvalue weighted by Gasteiger charge is -2.13. The molecule has 102 valence electrons.